The SMILES string of the molecule is CCCCNC(=O)[C@H](Cc1ccccc1)N(Cc1ccc(Br)cc1)C(=O)COc1cc(C)cc(C)c1. The smallest absolute Gasteiger partial charge is 0.261 e. The molecular formula is C30H35BrN2O3. The standard InChI is InChI=1S/C30H35BrN2O3/c1-4-5-15-32-30(35)28(19-24-9-7-6-8-10-24)33(20-25-11-13-26(31)14-12-25)29(34)21-36-27-17-22(2)16-23(3)18-27/h6-14,16-18,28H,4-5,15,19-21H2,1-3H3,(H,32,35)/t28-/m0/s1. The van der Waals surface area contributed by atoms with Gasteiger partial charge in [-0.3, -0.25) is 9.59 Å². The van der Waals surface area contributed by atoms with E-state index < -0.39 is 6.04 Å². The summed E-state index contributed by atoms with van der Waals surface area (Å²) in [5.74, 6) is 0.268. The molecule has 0 unspecified atom stereocenters. The van der Waals surface area contributed by atoms with Gasteiger partial charge in [-0.15, -0.1) is 0 Å². The Labute approximate surface area is 223 Å². The van der Waals surface area contributed by atoms with Crippen molar-refractivity contribution in [2.45, 2.75) is 52.6 Å². The molecule has 190 valence electrons. The van der Waals surface area contributed by atoms with Crippen LogP contribution < -0.4 is 10.1 Å². The first-order valence-corrected chi connectivity index (χ1v) is 13.2. The molecule has 0 bridgehead atoms. The summed E-state index contributed by atoms with van der Waals surface area (Å²) in [4.78, 5) is 28.7. The number of unbranched alkanes of at least 4 members (excludes halogenated alkanes) is 1. The second-order valence-electron chi connectivity index (χ2n) is 9.11. The number of hydrogen-bond donors (Lipinski definition) is 1. The van der Waals surface area contributed by atoms with Gasteiger partial charge in [0.1, 0.15) is 11.8 Å². The maximum absolute atomic E-state index is 13.6. The highest BCUT2D eigenvalue weighted by molar-refractivity contribution is 9.10. The number of nitrogens with one attached hydrogen (secondary N) is 1. The van der Waals surface area contributed by atoms with E-state index in [1.165, 1.54) is 0 Å². The van der Waals surface area contributed by atoms with Gasteiger partial charge in [0.2, 0.25) is 5.91 Å². The minimum Gasteiger partial charge on any atom is -0.484 e. The quantitative estimate of drug-likeness (QED) is 0.281. The number of aryl methyl sites for hydroxylation is 2. The molecule has 6 heteroatoms. The molecule has 36 heavy (non-hydrogen) atoms. The Hall–Kier alpha value is -3.12. The summed E-state index contributed by atoms with van der Waals surface area (Å²) in [5, 5.41) is 3.04. The summed E-state index contributed by atoms with van der Waals surface area (Å²) in [5.41, 5.74) is 4.08. The van der Waals surface area contributed by atoms with Gasteiger partial charge in [-0.1, -0.05) is 77.8 Å². The third-order valence-corrected chi connectivity index (χ3v) is 6.45. The number of nitrogens with zero attached hydrogens (tertiary/aromatic N) is 1. The van der Waals surface area contributed by atoms with Gasteiger partial charge >= 0.3 is 0 Å². The molecule has 2 amide bonds. The lowest BCUT2D eigenvalue weighted by molar-refractivity contribution is -0.142. The molecule has 3 aromatic carbocycles. The summed E-state index contributed by atoms with van der Waals surface area (Å²) in [6.45, 7) is 6.82. The van der Waals surface area contributed by atoms with Crippen LogP contribution in [0.3, 0.4) is 0 Å². The van der Waals surface area contributed by atoms with Crippen LogP contribution in [-0.4, -0.2) is 35.9 Å². The second kappa shape index (κ2) is 13.8. The highest BCUT2D eigenvalue weighted by atomic mass is 79.9. The maximum Gasteiger partial charge on any atom is 0.261 e. The first kappa shape index (κ1) is 27.5. The van der Waals surface area contributed by atoms with Crippen LogP contribution in [0.4, 0.5) is 0 Å². The lowest BCUT2D eigenvalue weighted by Crippen LogP contribution is -2.51. The second-order valence-corrected chi connectivity index (χ2v) is 10.0. The molecule has 0 heterocycles. The number of carbonyl (C=O) groups excluding carboxylic acids is 2. The van der Waals surface area contributed by atoms with Crippen LogP contribution in [-0.2, 0) is 22.6 Å². The molecular weight excluding hydrogens is 516 g/mol. The van der Waals surface area contributed by atoms with Crippen molar-refractivity contribution < 1.29 is 14.3 Å². The molecule has 0 fully saturated rings. The fourth-order valence-corrected chi connectivity index (χ4v) is 4.36. The molecule has 0 aliphatic heterocycles. The molecule has 0 spiro atoms. The van der Waals surface area contributed by atoms with Gasteiger partial charge in [0.15, 0.2) is 6.61 Å². The normalized spacial score (nSPS) is 11.6. The van der Waals surface area contributed by atoms with E-state index in [1.54, 1.807) is 4.90 Å². The van der Waals surface area contributed by atoms with E-state index in [2.05, 4.69) is 34.2 Å². The van der Waals surface area contributed by atoms with E-state index in [0.29, 0.717) is 25.3 Å². The van der Waals surface area contributed by atoms with Crippen LogP contribution in [0.15, 0.2) is 77.3 Å². The molecule has 0 saturated carbocycles. The van der Waals surface area contributed by atoms with Crippen molar-refractivity contribution in [3.8, 4) is 5.75 Å². The number of amides is 2. The fraction of sp³-hybridized carbons (Fsp3) is 0.333. The molecule has 1 atom stereocenters. The Morgan fingerprint density at radius 1 is 0.944 bits per heavy atom. The van der Waals surface area contributed by atoms with Crippen LogP contribution in [0.2, 0.25) is 0 Å². The van der Waals surface area contributed by atoms with Crippen LogP contribution in [0.1, 0.15) is 42.0 Å². The minimum absolute atomic E-state index is 0.146. The monoisotopic (exact) mass is 550 g/mol. The minimum atomic E-state index is -0.664. The van der Waals surface area contributed by atoms with E-state index in [-0.39, 0.29) is 18.4 Å². The predicted molar refractivity (Wildman–Crippen MR) is 148 cm³/mol. The zero-order valence-electron chi connectivity index (χ0n) is 21.3. The van der Waals surface area contributed by atoms with Crippen molar-refractivity contribution in [1.29, 1.82) is 0 Å². The highest BCUT2D eigenvalue weighted by Gasteiger charge is 2.30. The van der Waals surface area contributed by atoms with Crippen molar-refractivity contribution in [3.63, 3.8) is 0 Å². The van der Waals surface area contributed by atoms with Gasteiger partial charge in [0.25, 0.3) is 5.91 Å². The molecule has 1 N–H and O–H groups in total. The number of hydrogen-bond acceptors (Lipinski definition) is 3. The van der Waals surface area contributed by atoms with Crippen molar-refractivity contribution >= 4 is 27.7 Å². The lowest BCUT2D eigenvalue weighted by Gasteiger charge is -2.31. The average Bonchev–Trinajstić information content (AvgIpc) is 2.86. The zero-order chi connectivity index (χ0) is 25.9. The molecule has 0 aliphatic carbocycles. The maximum atomic E-state index is 13.6. The van der Waals surface area contributed by atoms with Crippen molar-refractivity contribution in [2.24, 2.45) is 0 Å². The summed E-state index contributed by atoms with van der Waals surface area (Å²) in [6, 6.07) is 22.9. The first-order chi connectivity index (χ1) is 17.4. The molecule has 0 saturated heterocycles. The van der Waals surface area contributed by atoms with E-state index in [1.807, 2.05) is 80.6 Å². The third kappa shape index (κ3) is 8.52. The van der Waals surface area contributed by atoms with Gasteiger partial charge in [-0.05, 0) is 66.8 Å². The number of ether oxygens (including phenoxy) is 1. The van der Waals surface area contributed by atoms with E-state index in [4.69, 9.17) is 4.74 Å². The molecule has 3 aromatic rings. The summed E-state index contributed by atoms with van der Waals surface area (Å²) in [7, 11) is 0. The van der Waals surface area contributed by atoms with Crippen LogP contribution >= 0.6 is 15.9 Å². The van der Waals surface area contributed by atoms with Gasteiger partial charge in [0.05, 0.1) is 0 Å². The average molecular weight is 552 g/mol. The molecule has 5 nitrogen and oxygen atoms in total. The number of carbonyl (C=O) groups is 2. The largest absolute Gasteiger partial charge is 0.484 e. The first-order valence-electron chi connectivity index (χ1n) is 12.4. The summed E-state index contributed by atoms with van der Waals surface area (Å²) >= 11 is 3.47. The van der Waals surface area contributed by atoms with E-state index in [9.17, 15) is 9.59 Å². The van der Waals surface area contributed by atoms with Gasteiger partial charge < -0.3 is 15.0 Å². The van der Waals surface area contributed by atoms with Gasteiger partial charge in [-0.25, -0.2) is 0 Å². The van der Waals surface area contributed by atoms with Crippen LogP contribution in [0.25, 0.3) is 0 Å². The molecule has 3 rings (SSSR count). The van der Waals surface area contributed by atoms with E-state index >= 15 is 0 Å². The Morgan fingerprint density at radius 2 is 1.61 bits per heavy atom. The molecule has 0 aliphatic rings. The summed E-state index contributed by atoms with van der Waals surface area (Å²) in [6.07, 6.45) is 2.29. The number of benzene rings is 3. The van der Waals surface area contributed by atoms with Crippen molar-refractivity contribution in [2.75, 3.05) is 13.2 Å². The third-order valence-electron chi connectivity index (χ3n) is 5.92. The summed E-state index contributed by atoms with van der Waals surface area (Å²) < 4.78 is 6.87. The van der Waals surface area contributed by atoms with Crippen molar-refractivity contribution in [3.05, 3.63) is 99.5 Å². The van der Waals surface area contributed by atoms with E-state index in [0.717, 1.165) is 39.6 Å². The zero-order valence-corrected chi connectivity index (χ0v) is 22.9. The Morgan fingerprint density at radius 3 is 2.25 bits per heavy atom. The number of rotatable bonds is 12. The fourth-order valence-electron chi connectivity index (χ4n) is 4.09. The Bertz CT molecular complexity index is 1110. The van der Waals surface area contributed by atoms with Crippen LogP contribution in [0, 0.1) is 13.8 Å². The van der Waals surface area contributed by atoms with Crippen molar-refractivity contribution in [1.82, 2.24) is 10.2 Å². The van der Waals surface area contributed by atoms with Gasteiger partial charge in [-0.2, -0.15) is 0 Å². The Kier molecular flexibility index (Phi) is 10.6. The lowest BCUT2D eigenvalue weighted by atomic mass is 10.0. The van der Waals surface area contributed by atoms with Crippen LogP contribution in [0.5, 0.6) is 5.75 Å². The number of halogens is 1. The molecule has 0 radical (unpaired) electrons. The Balaban J connectivity index is 1.88. The topological polar surface area (TPSA) is 58.6 Å². The highest BCUT2D eigenvalue weighted by Crippen LogP contribution is 2.19. The van der Waals surface area contributed by atoms with Gasteiger partial charge in [0, 0.05) is 24.0 Å². The predicted octanol–water partition coefficient (Wildman–Crippen LogP) is 6.00. The molecule has 0 aromatic heterocycles.